The Morgan fingerprint density at radius 1 is 1.40 bits per heavy atom. The molecule has 0 amide bonds. The Labute approximate surface area is 63.9 Å². The third-order valence-electron chi connectivity index (χ3n) is 1.60. The highest BCUT2D eigenvalue weighted by Crippen LogP contribution is 1.93. The second kappa shape index (κ2) is 5.21. The van der Waals surface area contributed by atoms with Crippen LogP contribution in [0, 0.1) is 0 Å². The topological polar surface area (TPSA) is 12.4 Å². The van der Waals surface area contributed by atoms with Crippen molar-refractivity contribution in [2.24, 2.45) is 4.99 Å². The summed E-state index contributed by atoms with van der Waals surface area (Å²) in [5.74, 6) is 0. The van der Waals surface area contributed by atoms with Gasteiger partial charge in [0.05, 0.1) is 6.54 Å². The number of allylic oxidation sites excluding steroid dienone is 1. The summed E-state index contributed by atoms with van der Waals surface area (Å²) in [4.78, 5) is 4.36. The second-order valence-corrected chi connectivity index (χ2v) is 2.54. The fourth-order valence-corrected chi connectivity index (χ4v) is 0.463. The maximum absolute atomic E-state index is 4.36. The number of hydrogen-bond acceptors (Lipinski definition) is 1. The highest BCUT2D eigenvalue weighted by Gasteiger charge is 1.85. The number of hydrogen-bond donors (Lipinski definition) is 0. The van der Waals surface area contributed by atoms with Gasteiger partial charge in [-0.15, -0.1) is 0 Å². The van der Waals surface area contributed by atoms with E-state index in [9.17, 15) is 0 Å². The van der Waals surface area contributed by atoms with Gasteiger partial charge in [-0.05, 0) is 27.2 Å². The number of rotatable bonds is 3. The molecule has 1 nitrogen and oxygen atoms in total. The van der Waals surface area contributed by atoms with E-state index in [-0.39, 0.29) is 0 Å². The first-order valence-corrected chi connectivity index (χ1v) is 3.82. The van der Waals surface area contributed by atoms with Gasteiger partial charge in [0.15, 0.2) is 0 Å². The first-order valence-electron chi connectivity index (χ1n) is 3.82. The molecule has 0 atom stereocenters. The molecule has 0 radical (unpaired) electrons. The Morgan fingerprint density at radius 3 is 2.40 bits per heavy atom. The first kappa shape index (κ1) is 9.41. The van der Waals surface area contributed by atoms with Crippen molar-refractivity contribution in [3.05, 3.63) is 11.6 Å². The van der Waals surface area contributed by atoms with Gasteiger partial charge in [-0.3, -0.25) is 4.99 Å². The van der Waals surface area contributed by atoms with Crippen molar-refractivity contribution in [1.82, 2.24) is 0 Å². The molecule has 0 aromatic carbocycles. The second-order valence-electron chi connectivity index (χ2n) is 2.54. The maximum Gasteiger partial charge on any atom is 0.0596 e. The molecule has 0 unspecified atom stereocenters. The number of nitrogens with zero attached hydrogens (tertiary/aromatic N) is 1. The minimum Gasteiger partial charge on any atom is -0.290 e. The zero-order valence-corrected chi connectivity index (χ0v) is 7.44. The summed E-state index contributed by atoms with van der Waals surface area (Å²) in [7, 11) is 0. The predicted octanol–water partition coefficient (Wildman–Crippen LogP) is 2.82. The van der Waals surface area contributed by atoms with Crippen LogP contribution >= 0.6 is 0 Å². The highest BCUT2D eigenvalue weighted by atomic mass is 14.7. The molecule has 0 aromatic heterocycles. The summed E-state index contributed by atoms with van der Waals surface area (Å²) in [6.45, 7) is 9.22. The summed E-state index contributed by atoms with van der Waals surface area (Å²) in [6.07, 6.45) is 3.17. The van der Waals surface area contributed by atoms with Gasteiger partial charge in [-0.2, -0.15) is 0 Å². The molecule has 0 aromatic rings. The van der Waals surface area contributed by atoms with Gasteiger partial charge >= 0.3 is 0 Å². The summed E-state index contributed by atoms with van der Waals surface area (Å²) >= 11 is 0. The first-order chi connectivity index (χ1) is 4.70. The summed E-state index contributed by atoms with van der Waals surface area (Å²) in [6, 6.07) is 0. The van der Waals surface area contributed by atoms with Crippen molar-refractivity contribution in [2.75, 3.05) is 6.54 Å². The molecule has 0 N–H and O–H groups in total. The van der Waals surface area contributed by atoms with Crippen LogP contribution in [0.2, 0.25) is 0 Å². The SMILES string of the molecule is C/C=C(\C)C/N=C(\C)CC. The minimum absolute atomic E-state index is 0.871. The van der Waals surface area contributed by atoms with E-state index in [4.69, 9.17) is 0 Å². The average Bonchev–Trinajstić information content (AvgIpc) is 1.99. The molecule has 0 bridgehead atoms. The highest BCUT2D eigenvalue weighted by molar-refractivity contribution is 5.81. The van der Waals surface area contributed by atoms with E-state index in [1.165, 1.54) is 11.3 Å². The van der Waals surface area contributed by atoms with E-state index in [1.807, 2.05) is 6.92 Å². The molecular formula is C9H17N. The Kier molecular flexibility index (Phi) is 4.91. The van der Waals surface area contributed by atoms with Gasteiger partial charge in [0.2, 0.25) is 0 Å². The van der Waals surface area contributed by atoms with E-state index < -0.39 is 0 Å². The Hall–Kier alpha value is -0.590. The third kappa shape index (κ3) is 4.30. The smallest absolute Gasteiger partial charge is 0.0596 e. The summed E-state index contributed by atoms with van der Waals surface area (Å²) in [5.41, 5.74) is 2.58. The molecule has 58 valence electrons. The van der Waals surface area contributed by atoms with Crippen LogP contribution in [0.4, 0.5) is 0 Å². The van der Waals surface area contributed by atoms with Crippen LogP contribution in [0.15, 0.2) is 16.6 Å². The Morgan fingerprint density at radius 2 is 2.00 bits per heavy atom. The molecule has 10 heavy (non-hydrogen) atoms. The number of aliphatic imine (C=N–C) groups is 1. The van der Waals surface area contributed by atoms with Crippen molar-refractivity contribution in [3.8, 4) is 0 Å². The molecule has 0 rings (SSSR count). The predicted molar refractivity (Wildman–Crippen MR) is 47.7 cm³/mol. The van der Waals surface area contributed by atoms with Gasteiger partial charge in [0.25, 0.3) is 0 Å². The van der Waals surface area contributed by atoms with E-state index in [1.54, 1.807) is 0 Å². The Bertz CT molecular complexity index is 143. The lowest BCUT2D eigenvalue weighted by Gasteiger charge is -1.95. The lowest BCUT2D eigenvalue weighted by molar-refractivity contribution is 1.10. The van der Waals surface area contributed by atoms with E-state index in [0.717, 1.165) is 13.0 Å². The largest absolute Gasteiger partial charge is 0.290 e. The van der Waals surface area contributed by atoms with Crippen LogP contribution in [0.25, 0.3) is 0 Å². The monoisotopic (exact) mass is 139 g/mol. The summed E-state index contributed by atoms with van der Waals surface area (Å²) in [5, 5.41) is 0. The normalized spacial score (nSPS) is 14.0. The van der Waals surface area contributed by atoms with Gasteiger partial charge in [-0.25, -0.2) is 0 Å². The molecule has 0 saturated heterocycles. The van der Waals surface area contributed by atoms with Crippen LogP contribution < -0.4 is 0 Å². The van der Waals surface area contributed by atoms with Crippen LogP contribution in [0.1, 0.15) is 34.1 Å². The Balaban J connectivity index is 3.72. The molecule has 0 aliphatic heterocycles. The molecule has 0 saturated carbocycles. The van der Waals surface area contributed by atoms with Crippen LogP contribution in [0.3, 0.4) is 0 Å². The van der Waals surface area contributed by atoms with Crippen molar-refractivity contribution in [1.29, 1.82) is 0 Å². The van der Waals surface area contributed by atoms with E-state index in [2.05, 4.69) is 31.8 Å². The minimum atomic E-state index is 0.871. The lowest BCUT2D eigenvalue weighted by Crippen LogP contribution is -1.91. The van der Waals surface area contributed by atoms with E-state index in [0.29, 0.717) is 0 Å². The average molecular weight is 139 g/mol. The van der Waals surface area contributed by atoms with Gasteiger partial charge in [0, 0.05) is 5.71 Å². The molecule has 0 fully saturated rings. The van der Waals surface area contributed by atoms with Crippen molar-refractivity contribution in [3.63, 3.8) is 0 Å². The molecule has 1 heteroatoms. The summed E-state index contributed by atoms with van der Waals surface area (Å²) < 4.78 is 0. The van der Waals surface area contributed by atoms with Crippen LogP contribution in [-0.2, 0) is 0 Å². The van der Waals surface area contributed by atoms with Gasteiger partial charge < -0.3 is 0 Å². The van der Waals surface area contributed by atoms with Gasteiger partial charge in [-0.1, -0.05) is 18.6 Å². The quantitative estimate of drug-likeness (QED) is 0.421. The van der Waals surface area contributed by atoms with Crippen molar-refractivity contribution < 1.29 is 0 Å². The zero-order chi connectivity index (χ0) is 7.98. The molecule has 0 aliphatic rings. The molecule has 0 spiro atoms. The standard InChI is InChI=1S/C9H17N/c1-5-8(3)7-10-9(4)6-2/h5H,6-7H2,1-4H3/b8-5+,10-9+. The molecule has 0 aliphatic carbocycles. The van der Waals surface area contributed by atoms with Crippen molar-refractivity contribution in [2.45, 2.75) is 34.1 Å². The van der Waals surface area contributed by atoms with Crippen LogP contribution in [0.5, 0.6) is 0 Å². The molecular weight excluding hydrogens is 122 g/mol. The fraction of sp³-hybridized carbons (Fsp3) is 0.667. The van der Waals surface area contributed by atoms with Crippen molar-refractivity contribution >= 4 is 5.71 Å². The zero-order valence-electron chi connectivity index (χ0n) is 7.44. The van der Waals surface area contributed by atoms with E-state index >= 15 is 0 Å². The molecule has 0 heterocycles. The fourth-order valence-electron chi connectivity index (χ4n) is 0.463. The van der Waals surface area contributed by atoms with Crippen LogP contribution in [-0.4, -0.2) is 12.3 Å². The lowest BCUT2D eigenvalue weighted by atomic mass is 10.3. The maximum atomic E-state index is 4.36. The van der Waals surface area contributed by atoms with Gasteiger partial charge in [0.1, 0.15) is 0 Å². The third-order valence-corrected chi connectivity index (χ3v) is 1.60.